The lowest BCUT2D eigenvalue weighted by molar-refractivity contribution is 0.0450. The van der Waals surface area contributed by atoms with Gasteiger partial charge < -0.3 is 199 Å². The van der Waals surface area contributed by atoms with Gasteiger partial charge in [0, 0.05) is 0 Å². The lowest BCUT2D eigenvalue weighted by atomic mass is 10.4. The van der Waals surface area contributed by atoms with Crippen LogP contribution < -0.4 is 0 Å². The Labute approximate surface area is 450 Å². The largest absolute Gasteiger partial charge is 0.394 e. The molecule has 0 fully saturated rings. The number of hydrogen-bond donors (Lipinski definition) is 39. The molecule has 39 N–H and O–H groups in total. The average molecular weight is 1200 g/mol. The molecule has 0 heterocycles. The zero-order valence-electron chi connectivity index (χ0n) is 43.3. The SMILES string of the molecule is OCC(O)CO.OCC(O)CO.OCC(O)CO.OCC(O)CO.OCC(O)CO.OCC(O)CO.OCC(O)CO.OCC(O)CO.OCC(O)CO.OCC(O)CO.OCC(O)CO.OCC(O)CO.OCC(O)CO. The van der Waals surface area contributed by atoms with Crippen LogP contribution in [0.5, 0.6) is 0 Å². The van der Waals surface area contributed by atoms with E-state index in [0.29, 0.717) is 0 Å². The molecule has 0 aliphatic heterocycles. The highest BCUT2D eigenvalue weighted by Crippen LogP contribution is 1.78. The van der Waals surface area contributed by atoms with Gasteiger partial charge in [-0.2, -0.15) is 0 Å². The maximum absolute atomic E-state index is 8.17. The lowest BCUT2D eigenvalue weighted by Crippen LogP contribution is -2.15. The summed E-state index contributed by atoms with van der Waals surface area (Å²) in [6, 6.07) is 0. The Hall–Kier alpha value is -1.56. The van der Waals surface area contributed by atoms with Gasteiger partial charge in [0.05, 0.1) is 172 Å². The van der Waals surface area contributed by atoms with Crippen LogP contribution in [0.15, 0.2) is 0 Å². The van der Waals surface area contributed by atoms with E-state index in [1.807, 2.05) is 0 Å². The maximum Gasteiger partial charge on any atom is 0.100 e. The molecule has 0 aliphatic rings. The third kappa shape index (κ3) is 158. The molecule has 0 aromatic rings. The van der Waals surface area contributed by atoms with Crippen molar-refractivity contribution in [1.29, 1.82) is 0 Å². The molecule has 0 aromatic carbocycles. The monoisotopic (exact) mass is 1200 g/mol. The second-order valence-electron chi connectivity index (χ2n) is 13.2. The summed E-state index contributed by atoms with van der Waals surface area (Å²) in [5.74, 6) is 0. The number of aliphatic hydroxyl groups excluding tert-OH is 39. The van der Waals surface area contributed by atoms with E-state index in [9.17, 15) is 0 Å². The predicted molar refractivity (Wildman–Crippen MR) is 262 cm³/mol. The number of aliphatic hydroxyl groups is 39. The van der Waals surface area contributed by atoms with Gasteiger partial charge in [-0.25, -0.2) is 0 Å². The summed E-state index contributed by atoms with van der Waals surface area (Å²) in [7, 11) is 0. The lowest BCUT2D eigenvalue weighted by Gasteiger charge is -1.96. The minimum absolute atomic E-state index is 0.365. The first kappa shape index (κ1) is 108. The molecule has 78 heavy (non-hydrogen) atoms. The van der Waals surface area contributed by atoms with Gasteiger partial charge in [0.2, 0.25) is 0 Å². The quantitative estimate of drug-likeness (QED) is 0.0382. The Bertz CT molecular complexity index is 568. The molecule has 0 aliphatic carbocycles. The second-order valence-corrected chi connectivity index (χ2v) is 13.2. The average Bonchev–Trinajstić information content (AvgIpc) is 3.51. The van der Waals surface area contributed by atoms with E-state index in [0.717, 1.165) is 0 Å². The summed E-state index contributed by atoms with van der Waals surface area (Å²) < 4.78 is 0. The maximum atomic E-state index is 8.17. The molecule has 494 valence electrons. The van der Waals surface area contributed by atoms with Crippen LogP contribution in [0.2, 0.25) is 0 Å². The summed E-state index contributed by atoms with van der Waals surface area (Å²) in [6.07, 6.45) is -12.4. The first-order chi connectivity index (χ1) is 36.5. The standard InChI is InChI=1S/13C3H8O3/c13*4-1-3(6)2-5/h13*3-6H,1-2H2. The van der Waals surface area contributed by atoms with Crippen LogP contribution in [-0.2, 0) is 0 Å². The summed E-state index contributed by atoms with van der Waals surface area (Å²) in [5.41, 5.74) is 0. The smallest absolute Gasteiger partial charge is 0.100 e. The highest BCUT2D eigenvalue weighted by molar-refractivity contribution is 4.49. The Morgan fingerprint density at radius 1 is 0.0897 bits per heavy atom. The molecular formula is C39H104O39. The topological polar surface area (TPSA) is 789 Å². The highest BCUT2D eigenvalue weighted by Gasteiger charge is 1.99. The van der Waals surface area contributed by atoms with Crippen LogP contribution in [0, 0.1) is 0 Å². The third-order valence-corrected chi connectivity index (χ3v) is 5.48. The van der Waals surface area contributed by atoms with E-state index in [1.165, 1.54) is 0 Å². The molecular weight excluding hydrogens is 1090 g/mol. The minimum atomic E-state index is -0.954. The van der Waals surface area contributed by atoms with Gasteiger partial charge >= 0.3 is 0 Å². The van der Waals surface area contributed by atoms with E-state index in [4.69, 9.17) is 199 Å². The Balaban J connectivity index is -0.0000000533. The summed E-state index contributed by atoms with van der Waals surface area (Å²) >= 11 is 0. The van der Waals surface area contributed by atoms with Gasteiger partial charge in [0.1, 0.15) is 79.4 Å². The molecule has 0 radical (unpaired) electrons. The van der Waals surface area contributed by atoms with Crippen LogP contribution in [0.1, 0.15) is 0 Å². The fraction of sp³-hybridized carbons (Fsp3) is 1.00. The molecule has 0 bridgehead atoms. The second kappa shape index (κ2) is 104. The fourth-order valence-electron chi connectivity index (χ4n) is 0.751. The van der Waals surface area contributed by atoms with Crippen molar-refractivity contribution >= 4 is 0 Å². The van der Waals surface area contributed by atoms with E-state index in [-0.39, 0.29) is 172 Å². The van der Waals surface area contributed by atoms with Crippen molar-refractivity contribution in [1.82, 2.24) is 0 Å². The fourth-order valence-corrected chi connectivity index (χ4v) is 0.751. The van der Waals surface area contributed by atoms with Crippen molar-refractivity contribution < 1.29 is 199 Å². The van der Waals surface area contributed by atoms with E-state index < -0.39 is 79.4 Å². The number of hydrogen-bond acceptors (Lipinski definition) is 39. The Morgan fingerprint density at radius 3 is 0.115 bits per heavy atom. The van der Waals surface area contributed by atoms with E-state index in [2.05, 4.69) is 0 Å². The van der Waals surface area contributed by atoms with Crippen LogP contribution in [0.25, 0.3) is 0 Å². The van der Waals surface area contributed by atoms with Crippen LogP contribution in [-0.4, -0.2) is 450 Å². The molecule has 0 aromatic heterocycles. The Kier molecular flexibility index (Phi) is 144. The molecule has 0 saturated heterocycles. The van der Waals surface area contributed by atoms with Crippen molar-refractivity contribution in [3.8, 4) is 0 Å². The highest BCUT2D eigenvalue weighted by atomic mass is 16.4. The van der Waals surface area contributed by atoms with Gasteiger partial charge in [-0.1, -0.05) is 0 Å². The van der Waals surface area contributed by atoms with Crippen LogP contribution >= 0.6 is 0 Å². The summed E-state index contributed by atoms with van der Waals surface area (Å²) in [6.45, 7) is -9.48. The van der Waals surface area contributed by atoms with Gasteiger partial charge in [0.25, 0.3) is 0 Å². The van der Waals surface area contributed by atoms with Crippen LogP contribution in [0.3, 0.4) is 0 Å². The normalized spacial score (nSPS) is 10.0. The molecule has 0 saturated carbocycles. The van der Waals surface area contributed by atoms with Crippen LogP contribution in [0.4, 0.5) is 0 Å². The van der Waals surface area contributed by atoms with Crippen molar-refractivity contribution in [3.05, 3.63) is 0 Å². The third-order valence-electron chi connectivity index (χ3n) is 5.48. The van der Waals surface area contributed by atoms with Crippen molar-refractivity contribution in [3.63, 3.8) is 0 Å². The van der Waals surface area contributed by atoms with E-state index >= 15 is 0 Å². The van der Waals surface area contributed by atoms with Crippen molar-refractivity contribution in [2.24, 2.45) is 0 Å². The summed E-state index contributed by atoms with van der Waals surface area (Å²) in [4.78, 5) is 0. The van der Waals surface area contributed by atoms with Gasteiger partial charge in [-0.05, 0) is 0 Å². The van der Waals surface area contributed by atoms with Gasteiger partial charge in [-0.15, -0.1) is 0 Å². The molecule has 39 heteroatoms. The summed E-state index contributed by atoms with van der Waals surface area (Å²) in [5, 5.41) is 312. The molecule has 0 amide bonds. The van der Waals surface area contributed by atoms with Gasteiger partial charge in [-0.3, -0.25) is 0 Å². The molecule has 0 spiro atoms. The first-order valence-corrected chi connectivity index (χ1v) is 22.2. The Morgan fingerprint density at radius 2 is 0.115 bits per heavy atom. The molecule has 0 rings (SSSR count). The predicted octanol–water partition coefficient (Wildman–Crippen LogP) is -21.7. The zero-order valence-corrected chi connectivity index (χ0v) is 43.3. The number of rotatable bonds is 26. The van der Waals surface area contributed by atoms with Gasteiger partial charge in [0.15, 0.2) is 0 Å². The molecule has 39 nitrogen and oxygen atoms in total. The minimum Gasteiger partial charge on any atom is -0.394 e. The first-order valence-electron chi connectivity index (χ1n) is 22.2. The zero-order chi connectivity index (χ0) is 64.9. The van der Waals surface area contributed by atoms with E-state index in [1.54, 1.807) is 0 Å². The molecule has 0 atom stereocenters. The molecule has 0 unspecified atom stereocenters. The van der Waals surface area contributed by atoms with Crippen molar-refractivity contribution in [2.75, 3.05) is 172 Å². The van der Waals surface area contributed by atoms with Crippen molar-refractivity contribution in [2.45, 2.75) is 79.4 Å².